The molecule has 1 saturated heterocycles. The van der Waals surface area contributed by atoms with Crippen LogP contribution in [0.25, 0.3) is 11.4 Å². The molecule has 2 heterocycles. The molecule has 1 fully saturated rings. The maximum absolute atomic E-state index is 13.0. The Labute approximate surface area is 199 Å². The van der Waals surface area contributed by atoms with Crippen LogP contribution in [0, 0.1) is 0 Å². The van der Waals surface area contributed by atoms with Gasteiger partial charge in [0.05, 0.1) is 12.1 Å². The number of rotatable bonds is 6. The molecule has 0 bridgehead atoms. The number of halogens is 3. The molecule has 1 N–H and O–H groups in total. The van der Waals surface area contributed by atoms with Crippen LogP contribution in [0.3, 0.4) is 0 Å². The Morgan fingerprint density at radius 2 is 1.77 bits per heavy atom. The molecule has 2 aromatic carbocycles. The van der Waals surface area contributed by atoms with Crippen LogP contribution in [-0.4, -0.2) is 57.9 Å². The van der Waals surface area contributed by atoms with Crippen LogP contribution in [0.5, 0.6) is 0 Å². The van der Waals surface area contributed by atoms with Gasteiger partial charge in [-0.3, -0.25) is 14.5 Å². The first-order valence-corrected chi connectivity index (χ1v) is 11.0. The monoisotopic (exact) mass is 487 g/mol. The number of nitrogens with zero attached hydrogens (tertiary/aromatic N) is 4. The highest BCUT2D eigenvalue weighted by Crippen LogP contribution is 2.31. The average molecular weight is 487 g/mol. The average Bonchev–Trinajstić information content (AvgIpc) is 3.31. The largest absolute Gasteiger partial charge is 0.416 e. The van der Waals surface area contributed by atoms with Gasteiger partial charge in [0.15, 0.2) is 0 Å². The molecule has 0 saturated carbocycles. The van der Waals surface area contributed by atoms with Gasteiger partial charge in [0.2, 0.25) is 17.6 Å². The first kappa shape index (κ1) is 24.4. The van der Waals surface area contributed by atoms with Crippen molar-refractivity contribution in [1.29, 1.82) is 0 Å². The van der Waals surface area contributed by atoms with Crippen molar-refractivity contribution in [1.82, 2.24) is 25.3 Å². The van der Waals surface area contributed by atoms with Crippen LogP contribution >= 0.6 is 0 Å². The maximum atomic E-state index is 13.0. The van der Waals surface area contributed by atoms with Crippen molar-refractivity contribution in [2.24, 2.45) is 0 Å². The first-order valence-electron chi connectivity index (χ1n) is 11.0. The molecule has 1 aromatic heterocycles. The van der Waals surface area contributed by atoms with Crippen LogP contribution in [-0.2, 0) is 24.1 Å². The lowest BCUT2D eigenvalue weighted by Crippen LogP contribution is -2.48. The van der Waals surface area contributed by atoms with E-state index in [0.29, 0.717) is 50.7 Å². The zero-order valence-corrected chi connectivity index (χ0v) is 19.0. The first-order chi connectivity index (χ1) is 16.7. The Bertz CT molecular complexity index is 1190. The van der Waals surface area contributed by atoms with Crippen molar-refractivity contribution >= 4 is 11.8 Å². The third-order valence-electron chi connectivity index (χ3n) is 5.68. The minimum absolute atomic E-state index is 0.0691. The summed E-state index contributed by atoms with van der Waals surface area (Å²) in [6.45, 7) is 4.41. The molecule has 1 aliphatic rings. The molecular weight excluding hydrogens is 463 g/mol. The van der Waals surface area contributed by atoms with Gasteiger partial charge in [-0.2, -0.15) is 18.2 Å². The zero-order valence-electron chi connectivity index (χ0n) is 19.0. The number of nitrogens with one attached hydrogen (secondary N) is 1. The van der Waals surface area contributed by atoms with Crippen LogP contribution in [0.2, 0.25) is 0 Å². The zero-order chi connectivity index (χ0) is 25.0. The van der Waals surface area contributed by atoms with Crippen molar-refractivity contribution in [3.63, 3.8) is 0 Å². The number of hydrogen-bond donors (Lipinski definition) is 1. The van der Waals surface area contributed by atoms with Gasteiger partial charge in [-0.15, -0.1) is 0 Å². The second-order valence-electron chi connectivity index (χ2n) is 8.27. The molecule has 8 nitrogen and oxygen atoms in total. The van der Waals surface area contributed by atoms with E-state index in [1.54, 1.807) is 17.0 Å². The molecule has 0 unspecified atom stereocenters. The minimum Gasteiger partial charge on any atom is -0.352 e. The minimum atomic E-state index is -4.45. The predicted octanol–water partition coefficient (Wildman–Crippen LogP) is 3.35. The number of carbonyl (C=O) groups excluding carboxylic acids is 2. The highest BCUT2D eigenvalue weighted by molar-refractivity contribution is 5.94. The fourth-order valence-corrected chi connectivity index (χ4v) is 3.75. The van der Waals surface area contributed by atoms with E-state index in [2.05, 4.69) is 15.5 Å². The summed E-state index contributed by atoms with van der Waals surface area (Å²) in [5, 5.41) is 6.54. The molecule has 35 heavy (non-hydrogen) atoms. The van der Waals surface area contributed by atoms with Crippen molar-refractivity contribution in [2.45, 2.75) is 26.2 Å². The van der Waals surface area contributed by atoms with E-state index in [9.17, 15) is 22.8 Å². The lowest BCUT2D eigenvalue weighted by atomic mass is 10.1. The van der Waals surface area contributed by atoms with Crippen molar-refractivity contribution in [3.8, 4) is 11.4 Å². The molecule has 0 aliphatic carbocycles. The van der Waals surface area contributed by atoms with E-state index >= 15 is 0 Å². The van der Waals surface area contributed by atoms with Crippen LogP contribution in [0.1, 0.15) is 34.3 Å². The second-order valence-corrected chi connectivity index (χ2v) is 8.27. The molecule has 3 aromatic rings. The molecule has 4 rings (SSSR count). The summed E-state index contributed by atoms with van der Waals surface area (Å²) in [6, 6.07) is 11.9. The molecule has 0 atom stereocenters. The fourth-order valence-electron chi connectivity index (χ4n) is 3.75. The van der Waals surface area contributed by atoms with Crippen molar-refractivity contribution in [3.05, 3.63) is 71.1 Å². The smallest absolute Gasteiger partial charge is 0.352 e. The van der Waals surface area contributed by atoms with Crippen molar-refractivity contribution in [2.75, 3.05) is 26.2 Å². The number of piperazine rings is 1. The van der Waals surface area contributed by atoms with Gasteiger partial charge in [-0.25, -0.2) is 0 Å². The van der Waals surface area contributed by atoms with E-state index in [1.807, 2.05) is 17.0 Å². The van der Waals surface area contributed by atoms with Gasteiger partial charge in [0.1, 0.15) is 0 Å². The molecule has 0 radical (unpaired) electrons. The lowest BCUT2D eigenvalue weighted by Gasteiger charge is -2.34. The highest BCUT2D eigenvalue weighted by atomic mass is 19.4. The van der Waals surface area contributed by atoms with E-state index < -0.39 is 11.7 Å². The number of benzene rings is 2. The normalized spacial score (nSPS) is 14.7. The highest BCUT2D eigenvalue weighted by Gasteiger charge is 2.31. The van der Waals surface area contributed by atoms with Gasteiger partial charge in [0.25, 0.3) is 5.91 Å². The van der Waals surface area contributed by atoms with Crippen molar-refractivity contribution < 1.29 is 27.3 Å². The molecule has 2 amide bonds. The van der Waals surface area contributed by atoms with Gasteiger partial charge in [0, 0.05) is 50.8 Å². The number of carbonyl (C=O) groups is 2. The molecular formula is C24H24F3N5O3. The number of amides is 2. The maximum Gasteiger partial charge on any atom is 0.416 e. The summed E-state index contributed by atoms with van der Waals surface area (Å²) < 4.78 is 44.1. The van der Waals surface area contributed by atoms with E-state index in [0.717, 1.165) is 17.7 Å². The summed E-state index contributed by atoms with van der Waals surface area (Å²) in [5.74, 6) is 0.213. The van der Waals surface area contributed by atoms with Gasteiger partial charge in [-0.05, 0) is 29.8 Å². The number of aromatic nitrogens is 2. The third-order valence-corrected chi connectivity index (χ3v) is 5.68. The number of alkyl halides is 3. The fraction of sp³-hybridized carbons (Fsp3) is 0.333. The Morgan fingerprint density at radius 1 is 1.06 bits per heavy atom. The van der Waals surface area contributed by atoms with Crippen LogP contribution in [0.15, 0.2) is 53.1 Å². The van der Waals surface area contributed by atoms with Gasteiger partial charge < -0.3 is 14.7 Å². The standard InChI is InChI=1S/C24H24F3N5O3/c1-16(33)28-14-17-5-7-18(8-6-17)23(34)32-11-9-31(10-12-32)15-21-29-22(30-35-21)19-3-2-4-20(13-19)24(25,26)27/h2-8,13H,9-12,14-15H2,1H3,(H,28,33). The summed E-state index contributed by atoms with van der Waals surface area (Å²) in [6.07, 6.45) is -4.45. The third kappa shape index (κ3) is 6.24. The quantitative estimate of drug-likeness (QED) is 0.574. The number of hydrogen-bond acceptors (Lipinski definition) is 6. The van der Waals surface area contributed by atoms with Gasteiger partial charge >= 0.3 is 6.18 Å². The van der Waals surface area contributed by atoms with Crippen LogP contribution < -0.4 is 5.32 Å². The predicted molar refractivity (Wildman–Crippen MR) is 120 cm³/mol. The Morgan fingerprint density at radius 3 is 2.43 bits per heavy atom. The summed E-state index contributed by atoms with van der Waals surface area (Å²) in [7, 11) is 0. The molecule has 0 spiro atoms. The summed E-state index contributed by atoms with van der Waals surface area (Å²) in [5.41, 5.74) is 0.941. The van der Waals surface area contributed by atoms with Crippen LogP contribution in [0.4, 0.5) is 13.2 Å². The Hall–Kier alpha value is -3.73. The SMILES string of the molecule is CC(=O)NCc1ccc(C(=O)N2CCN(Cc3nc(-c4cccc(C(F)(F)F)c4)no3)CC2)cc1. The molecule has 1 aliphatic heterocycles. The lowest BCUT2D eigenvalue weighted by molar-refractivity contribution is -0.137. The van der Waals surface area contributed by atoms with E-state index in [4.69, 9.17) is 4.52 Å². The summed E-state index contributed by atoms with van der Waals surface area (Å²) >= 11 is 0. The van der Waals surface area contributed by atoms with E-state index in [1.165, 1.54) is 19.1 Å². The second kappa shape index (κ2) is 10.3. The summed E-state index contributed by atoms with van der Waals surface area (Å²) in [4.78, 5) is 31.9. The molecule has 184 valence electrons. The molecule has 11 heteroatoms. The Kier molecular flexibility index (Phi) is 7.15. The topological polar surface area (TPSA) is 91.6 Å². The Balaban J connectivity index is 1.30. The van der Waals surface area contributed by atoms with Gasteiger partial charge in [-0.1, -0.05) is 29.4 Å². The van der Waals surface area contributed by atoms with E-state index in [-0.39, 0.29) is 23.2 Å².